The normalized spacial score (nSPS) is 11.9. The minimum Gasteiger partial charge on any atom is -0.434 e. The Morgan fingerprint density at radius 2 is 1.80 bits per heavy atom. The van der Waals surface area contributed by atoms with E-state index in [1.54, 1.807) is 12.1 Å². The molecule has 114 valence electrons. The summed E-state index contributed by atoms with van der Waals surface area (Å²) in [7, 11) is 0. The zero-order valence-electron chi connectivity index (χ0n) is 10.5. The fraction of sp³-hybridized carbons (Fsp3) is 0.500. The van der Waals surface area contributed by atoms with Gasteiger partial charge in [-0.1, -0.05) is 15.9 Å². The maximum atomic E-state index is 12.3. The molecular formula is C12H16BrF2NO4. The zero-order valence-corrected chi connectivity index (χ0v) is 12.1. The van der Waals surface area contributed by atoms with E-state index in [0.717, 1.165) is 0 Å². The highest BCUT2D eigenvalue weighted by atomic mass is 79.9. The summed E-state index contributed by atoms with van der Waals surface area (Å²) in [6.45, 7) is -4.42. The van der Waals surface area contributed by atoms with E-state index in [2.05, 4.69) is 26.0 Å². The molecule has 0 atom stereocenters. The van der Waals surface area contributed by atoms with Gasteiger partial charge in [0.1, 0.15) is 5.75 Å². The van der Waals surface area contributed by atoms with Crippen LogP contribution in [0.4, 0.5) is 8.78 Å². The molecule has 0 radical (unpaired) electrons. The summed E-state index contributed by atoms with van der Waals surface area (Å²) in [6, 6.07) is 4.51. The summed E-state index contributed by atoms with van der Waals surface area (Å²) in [6.07, 6.45) is 0. The number of aliphatic hydroxyl groups is 3. The lowest BCUT2D eigenvalue weighted by molar-refractivity contribution is -0.0507. The lowest BCUT2D eigenvalue weighted by atomic mass is 10.0. The Hall–Kier alpha value is -0.800. The number of nitrogens with one attached hydrogen (secondary N) is 1. The SMILES string of the molecule is OCC(CO)(CO)NCc1cc(Br)ccc1OC(F)F. The van der Waals surface area contributed by atoms with E-state index in [-0.39, 0.29) is 12.3 Å². The van der Waals surface area contributed by atoms with Gasteiger partial charge in [0.15, 0.2) is 0 Å². The quantitative estimate of drug-likeness (QED) is 0.556. The zero-order chi connectivity index (χ0) is 15.2. The van der Waals surface area contributed by atoms with Gasteiger partial charge < -0.3 is 25.4 Å². The van der Waals surface area contributed by atoms with E-state index in [4.69, 9.17) is 0 Å². The second-order valence-electron chi connectivity index (χ2n) is 4.24. The van der Waals surface area contributed by atoms with Crippen LogP contribution in [0.2, 0.25) is 0 Å². The van der Waals surface area contributed by atoms with Crippen molar-refractivity contribution in [1.29, 1.82) is 0 Å². The summed E-state index contributed by atoms with van der Waals surface area (Å²) in [5, 5.41) is 30.3. The van der Waals surface area contributed by atoms with Crippen LogP contribution in [-0.2, 0) is 6.54 Å². The number of ether oxygens (including phenoxy) is 1. The van der Waals surface area contributed by atoms with Crippen LogP contribution in [0.25, 0.3) is 0 Å². The highest BCUT2D eigenvalue weighted by Crippen LogP contribution is 2.25. The molecule has 20 heavy (non-hydrogen) atoms. The van der Waals surface area contributed by atoms with Gasteiger partial charge in [-0.3, -0.25) is 0 Å². The molecule has 0 amide bonds. The molecule has 0 saturated heterocycles. The topological polar surface area (TPSA) is 82.0 Å². The van der Waals surface area contributed by atoms with Crippen molar-refractivity contribution in [1.82, 2.24) is 5.32 Å². The molecule has 1 aromatic carbocycles. The minimum absolute atomic E-state index is 0.0154. The molecular weight excluding hydrogens is 340 g/mol. The average Bonchev–Trinajstić information content (AvgIpc) is 2.43. The third-order valence-electron chi connectivity index (χ3n) is 2.80. The van der Waals surface area contributed by atoms with Crippen LogP contribution in [0.15, 0.2) is 22.7 Å². The van der Waals surface area contributed by atoms with Crippen molar-refractivity contribution >= 4 is 15.9 Å². The van der Waals surface area contributed by atoms with Gasteiger partial charge in [-0.15, -0.1) is 0 Å². The first-order valence-corrected chi connectivity index (χ1v) is 6.56. The maximum Gasteiger partial charge on any atom is 0.387 e. The van der Waals surface area contributed by atoms with Crippen LogP contribution in [0.1, 0.15) is 5.56 Å². The molecule has 0 heterocycles. The van der Waals surface area contributed by atoms with E-state index in [9.17, 15) is 24.1 Å². The van der Waals surface area contributed by atoms with Gasteiger partial charge in [-0.05, 0) is 18.2 Å². The van der Waals surface area contributed by atoms with E-state index < -0.39 is 32.0 Å². The largest absolute Gasteiger partial charge is 0.434 e. The Kier molecular flexibility index (Phi) is 6.77. The molecule has 0 aliphatic carbocycles. The van der Waals surface area contributed by atoms with Crippen LogP contribution in [0.5, 0.6) is 5.75 Å². The van der Waals surface area contributed by atoms with Gasteiger partial charge in [0.25, 0.3) is 0 Å². The van der Waals surface area contributed by atoms with Crippen molar-refractivity contribution < 1.29 is 28.8 Å². The molecule has 1 aromatic rings. The van der Waals surface area contributed by atoms with Crippen LogP contribution in [0, 0.1) is 0 Å². The van der Waals surface area contributed by atoms with E-state index in [1.165, 1.54) is 6.07 Å². The summed E-state index contributed by atoms with van der Waals surface area (Å²) in [5.74, 6) is -0.0154. The standard InChI is InChI=1S/C12H16BrF2NO4/c13-9-1-2-10(20-11(14)15)8(3-9)4-16-12(5-17,6-18)7-19/h1-3,11,16-19H,4-7H2. The fourth-order valence-electron chi connectivity index (χ4n) is 1.50. The molecule has 0 aliphatic heterocycles. The van der Waals surface area contributed by atoms with Crippen molar-refractivity contribution in [3.05, 3.63) is 28.2 Å². The van der Waals surface area contributed by atoms with Crippen molar-refractivity contribution in [2.24, 2.45) is 0 Å². The van der Waals surface area contributed by atoms with Gasteiger partial charge in [-0.2, -0.15) is 8.78 Å². The van der Waals surface area contributed by atoms with Gasteiger partial charge in [0, 0.05) is 16.6 Å². The Labute approximate surface area is 123 Å². The van der Waals surface area contributed by atoms with Crippen molar-refractivity contribution in [3.8, 4) is 5.75 Å². The average molecular weight is 356 g/mol. The molecule has 1 rings (SSSR count). The number of benzene rings is 1. The highest BCUT2D eigenvalue weighted by Gasteiger charge is 2.27. The summed E-state index contributed by atoms with van der Waals surface area (Å²) in [5.41, 5.74) is -0.885. The third kappa shape index (κ3) is 4.64. The van der Waals surface area contributed by atoms with Crippen LogP contribution < -0.4 is 10.1 Å². The molecule has 0 spiro atoms. The molecule has 0 unspecified atom stereocenters. The van der Waals surface area contributed by atoms with Gasteiger partial charge in [0.05, 0.1) is 25.4 Å². The molecule has 0 aliphatic rings. The molecule has 5 nitrogen and oxygen atoms in total. The molecule has 0 bridgehead atoms. The van der Waals surface area contributed by atoms with E-state index >= 15 is 0 Å². The predicted molar refractivity (Wildman–Crippen MR) is 71.6 cm³/mol. The molecule has 0 aromatic heterocycles. The fourth-order valence-corrected chi connectivity index (χ4v) is 1.91. The minimum atomic E-state index is -2.95. The van der Waals surface area contributed by atoms with Crippen molar-refractivity contribution in [2.75, 3.05) is 19.8 Å². The van der Waals surface area contributed by atoms with Crippen LogP contribution in [-0.4, -0.2) is 47.3 Å². The number of alkyl halides is 2. The smallest absolute Gasteiger partial charge is 0.387 e. The predicted octanol–water partition coefficient (Wildman–Crippen LogP) is 0.856. The Morgan fingerprint density at radius 3 is 2.30 bits per heavy atom. The maximum absolute atomic E-state index is 12.3. The molecule has 8 heteroatoms. The van der Waals surface area contributed by atoms with Crippen molar-refractivity contribution in [3.63, 3.8) is 0 Å². The number of aliphatic hydroxyl groups excluding tert-OH is 3. The number of hydrogen-bond donors (Lipinski definition) is 4. The van der Waals surface area contributed by atoms with Gasteiger partial charge >= 0.3 is 6.61 Å². The monoisotopic (exact) mass is 355 g/mol. The molecule has 0 saturated carbocycles. The second-order valence-corrected chi connectivity index (χ2v) is 5.15. The molecule has 4 N–H and O–H groups in total. The van der Waals surface area contributed by atoms with Gasteiger partial charge in [0.2, 0.25) is 0 Å². The summed E-state index contributed by atoms with van der Waals surface area (Å²) < 4.78 is 29.6. The lowest BCUT2D eigenvalue weighted by Gasteiger charge is -2.29. The first-order chi connectivity index (χ1) is 9.46. The second kappa shape index (κ2) is 7.84. The Balaban J connectivity index is 2.87. The van der Waals surface area contributed by atoms with Crippen LogP contribution >= 0.6 is 15.9 Å². The lowest BCUT2D eigenvalue weighted by Crippen LogP contribution is -2.54. The highest BCUT2D eigenvalue weighted by molar-refractivity contribution is 9.10. The Morgan fingerprint density at radius 1 is 1.20 bits per heavy atom. The van der Waals surface area contributed by atoms with Gasteiger partial charge in [-0.25, -0.2) is 0 Å². The first-order valence-electron chi connectivity index (χ1n) is 5.77. The third-order valence-corrected chi connectivity index (χ3v) is 3.29. The van der Waals surface area contributed by atoms with E-state index in [1.807, 2.05) is 0 Å². The van der Waals surface area contributed by atoms with E-state index in [0.29, 0.717) is 10.0 Å². The number of halogens is 3. The van der Waals surface area contributed by atoms with Crippen molar-refractivity contribution in [2.45, 2.75) is 18.7 Å². The number of rotatable bonds is 8. The van der Waals surface area contributed by atoms with Crippen LogP contribution in [0.3, 0.4) is 0 Å². The summed E-state index contributed by atoms with van der Waals surface area (Å²) in [4.78, 5) is 0. The summed E-state index contributed by atoms with van der Waals surface area (Å²) >= 11 is 3.22. The Bertz CT molecular complexity index is 422. The number of hydrogen-bond acceptors (Lipinski definition) is 5. The molecule has 0 fully saturated rings. The first kappa shape index (κ1) is 17.3.